The van der Waals surface area contributed by atoms with Gasteiger partial charge >= 0.3 is 6.18 Å². The van der Waals surface area contributed by atoms with Gasteiger partial charge in [-0.1, -0.05) is 0 Å². The molecule has 0 bridgehead atoms. The summed E-state index contributed by atoms with van der Waals surface area (Å²) in [7, 11) is 1.62. The van der Waals surface area contributed by atoms with Crippen molar-refractivity contribution in [2.24, 2.45) is 0 Å². The first-order valence-corrected chi connectivity index (χ1v) is 9.31. The number of benzene rings is 1. The lowest BCUT2D eigenvalue weighted by molar-refractivity contribution is -0.367. The predicted molar refractivity (Wildman–Crippen MR) is 106 cm³/mol. The number of nitrogens with zero attached hydrogens (tertiary/aromatic N) is 2. The zero-order valence-electron chi connectivity index (χ0n) is 15.4. The minimum absolute atomic E-state index is 0.628. The number of ether oxygens (including phenoxy) is 1. The third-order valence-electron chi connectivity index (χ3n) is 4.59. The van der Waals surface area contributed by atoms with Gasteiger partial charge in [-0.15, -0.1) is 0 Å². The van der Waals surface area contributed by atoms with E-state index in [2.05, 4.69) is 15.2 Å². The van der Waals surface area contributed by atoms with Crippen LogP contribution in [-0.4, -0.2) is 43.3 Å². The summed E-state index contributed by atoms with van der Waals surface area (Å²) in [5.74, 6) is 1.44. The molecule has 5 nitrogen and oxygen atoms in total. The van der Waals surface area contributed by atoms with Gasteiger partial charge < -0.3 is 15.0 Å². The van der Waals surface area contributed by atoms with Crippen LogP contribution in [0.1, 0.15) is 12.0 Å². The second kappa shape index (κ2) is 8.64. The Morgan fingerprint density at radius 2 is 1.82 bits per heavy atom. The van der Waals surface area contributed by atoms with E-state index in [1.54, 1.807) is 7.11 Å². The van der Waals surface area contributed by atoms with Gasteiger partial charge in [0.1, 0.15) is 18.5 Å². The Bertz CT molecular complexity index is 796. The maximum absolute atomic E-state index is 12.7. The van der Waals surface area contributed by atoms with E-state index in [0.717, 1.165) is 43.2 Å². The summed E-state index contributed by atoms with van der Waals surface area (Å²) < 4.78 is 43.3. The molecule has 9 heteroatoms. The lowest BCUT2D eigenvalue weighted by Crippen LogP contribution is -2.38. The minimum atomic E-state index is -4.34. The molecule has 1 aliphatic heterocycles. The number of aromatic nitrogens is 1. The number of aromatic amines is 1. The second-order valence-corrected chi connectivity index (χ2v) is 6.83. The lowest BCUT2D eigenvalue weighted by Gasteiger charge is -2.23. The first-order valence-electron chi connectivity index (χ1n) is 8.90. The number of alkyl halides is 3. The highest BCUT2D eigenvalue weighted by Gasteiger charge is 2.32. The molecule has 1 aromatic heterocycles. The van der Waals surface area contributed by atoms with E-state index in [1.165, 1.54) is 6.07 Å². The number of pyridine rings is 1. The van der Waals surface area contributed by atoms with Gasteiger partial charge in [-0.05, 0) is 42.5 Å². The number of hydrogen-bond acceptors (Lipinski definition) is 3. The van der Waals surface area contributed by atoms with Crippen LogP contribution in [0, 0.1) is 0 Å². The Balaban J connectivity index is 1.58. The van der Waals surface area contributed by atoms with E-state index in [9.17, 15) is 13.2 Å². The van der Waals surface area contributed by atoms with Crippen LogP contribution in [-0.2, 0) is 6.18 Å². The molecule has 1 fully saturated rings. The highest BCUT2D eigenvalue weighted by Crippen LogP contribution is 2.28. The van der Waals surface area contributed by atoms with Crippen molar-refractivity contribution in [3.8, 4) is 5.75 Å². The van der Waals surface area contributed by atoms with Gasteiger partial charge in [0.2, 0.25) is 0 Å². The van der Waals surface area contributed by atoms with Crippen molar-refractivity contribution in [2.45, 2.75) is 12.6 Å². The van der Waals surface area contributed by atoms with Crippen LogP contribution in [0.15, 0.2) is 42.6 Å². The number of hydrogen-bond donors (Lipinski definition) is 1. The van der Waals surface area contributed by atoms with Gasteiger partial charge in [-0.3, -0.25) is 4.90 Å². The zero-order chi connectivity index (χ0) is 20.1. The van der Waals surface area contributed by atoms with E-state index >= 15 is 0 Å². The van der Waals surface area contributed by atoms with Gasteiger partial charge in [-0.25, -0.2) is 4.98 Å². The molecule has 0 aliphatic carbocycles. The largest absolute Gasteiger partial charge is 0.497 e. The Labute approximate surface area is 167 Å². The molecule has 2 aromatic rings. The first kappa shape index (κ1) is 20.2. The Morgan fingerprint density at radius 3 is 2.43 bits per heavy atom. The van der Waals surface area contributed by atoms with Crippen molar-refractivity contribution in [3.63, 3.8) is 0 Å². The standard InChI is InChI=1S/C19H21F3N4OS/c1-27-16-6-4-15(5-7-16)24-18(28)26-10-2-9-25(11-12-26)17-8-3-14(13-23-17)19(20,21)22/h3-8,13H,2,9-12H2,1H3,(H,24,28)/p+1. The molecule has 0 spiro atoms. The number of rotatable bonds is 3. The van der Waals surface area contributed by atoms with Crippen LogP contribution in [0.4, 0.5) is 24.7 Å². The first-order chi connectivity index (χ1) is 13.4. The van der Waals surface area contributed by atoms with E-state index < -0.39 is 11.7 Å². The molecule has 0 atom stereocenters. The molecular formula is C19H22F3N4OS+. The Kier molecular flexibility index (Phi) is 6.23. The SMILES string of the molecule is COc1ccc(NC(=S)N2CCCN(c3ccc(C(F)(F)F)c[nH+]3)CC2)cc1. The van der Waals surface area contributed by atoms with Crippen LogP contribution in [0.2, 0.25) is 0 Å². The van der Waals surface area contributed by atoms with Crippen molar-refractivity contribution in [1.82, 2.24) is 4.90 Å². The van der Waals surface area contributed by atoms with Gasteiger partial charge in [0, 0.05) is 24.7 Å². The van der Waals surface area contributed by atoms with E-state index in [0.29, 0.717) is 24.0 Å². The molecule has 28 heavy (non-hydrogen) atoms. The van der Waals surface area contributed by atoms with E-state index in [4.69, 9.17) is 17.0 Å². The molecule has 1 aliphatic rings. The monoisotopic (exact) mass is 411 g/mol. The van der Waals surface area contributed by atoms with Gasteiger partial charge in [0.05, 0.1) is 25.8 Å². The highest BCUT2D eigenvalue weighted by molar-refractivity contribution is 7.80. The van der Waals surface area contributed by atoms with Crippen LogP contribution >= 0.6 is 12.2 Å². The number of anilines is 2. The van der Waals surface area contributed by atoms with Gasteiger partial charge in [0.25, 0.3) is 5.82 Å². The lowest BCUT2D eigenvalue weighted by atomic mass is 10.2. The van der Waals surface area contributed by atoms with Gasteiger partial charge in [0.15, 0.2) is 5.11 Å². The molecule has 0 saturated carbocycles. The average molecular weight is 411 g/mol. The summed E-state index contributed by atoms with van der Waals surface area (Å²) in [6, 6.07) is 10.1. The smallest absolute Gasteiger partial charge is 0.419 e. The van der Waals surface area contributed by atoms with Crippen LogP contribution in [0.3, 0.4) is 0 Å². The maximum Gasteiger partial charge on any atom is 0.419 e. The molecule has 1 saturated heterocycles. The highest BCUT2D eigenvalue weighted by atomic mass is 32.1. The number of H-pyrrole nitrogens is 1. The zero-order valence-corrected chi connectivity index (χ0v) is 16.2. The summed E-state index contributed by atoms with van der Waals surface area (Å²) in [6.45, 7) is 2.85. The van der Waals surface area contributed by atoms with Crippen molar-refractivity contribution >= 4 is 28.8 Å². The summed E-state index contributed by atoms with van der Waals surface area (Å²) >= 11 is 5.52. The maximum atomic E-state index is 12.7. The number of nitrogens with one attached hydrogen (secondary N) is 2. The summed E-state index contributed by atoms with van der Waals surface area (Å²) in [4.78, 5) is 6.87. The summed E-state index contributed by atoms with van der Waals surface area (Å²) in [5.41, 5.74) is 0.195. The fourth-order valence-corrected chi connectivity index (χ4v) is 3.33. The summed E-state index contributed by atoms with van der Waals surface area (Å²) in [5, 5.41) is 3.85. The van der Waals surface area contributed by atoms with Crippen LogP contribution < -0.4 is 19.9 Å². The minimum Gasteiger partial charge on any atom is -0.497 e. The topological polar surface area (TPSA) is 41.9 Å². The van der Waals surface area contributed by atoms with Crippen LogP contribution in [0.5, 0.6) is 5.75 Å². The quantitative estimate of drug-likeness (QED) is 0.784. The van der Waals surface area contributed by atoms with Gasteiger partial charge in [-0.2, -0.15) is 13.2 Å². The number of halogens is 3. The fourth-order valence-electron chi connectivity index (χ4n) is 3.03. The Morgan fingerprint density at radius 1 is 1.07 bits per heavy atom. The third-order valence-corrected chi connectivity index (χ3v) is 4.95. The molecule has 2 heterocycles. The Hall–Kier alpha value is -2.55. The van der Waals surface area contributed by atoms with Crippen molar-refractivity contribution in [1.29, 1.82) is 0 Å². The molecule has 150 valence electrons. The van der Waals surface area contributed by atoms with E-state index in [-0.39, 0.29) is 0 Å². The molecule has 3 rings (SSSR count). The average Bonchev–Trinajstić information content (AvgIpc) is 2.94. The summed E-state index contributed by atoms with van der Waals surface area (Å²) in [6.07, 6.45) is -2.49. The molecule has 0 radical (unpaired) electrons. The van der Waals surface area contributed by atoms with Crippen molar-refractivity contribution < 1.29 is 22.9 Å². The molecular weight excluding hydrogens is 389 g/mol. The second-order valence-electron chi connectivity index (χ2n) is 6.45. The van der Waals surface area contributed by atoms with Crippen molar-refractivity contribution in [2.75, 3.05) is 43.5 Å². The molecule has 2 N–H and O–H groups in total. The third kappa shape index (κ3) is 5.03. The number of thiocarbonyl (C=S) groups is 1. The van der Waals surface area contributed by atoms with Crippen LogP contribution in [0.25, 0.3) is 0 Å². The molecule has 1 aromatic carbocycles. The van der Waals surface area contributed by atoms with Crippen molar-refractivity contribution in [3.05, 3.63) is 48.2 Å². The van der Waals surface area contributed by atoms with E-state index in [1.807, 2.05) is 29.2 Å². The predicted octanol–water partition coefficient (Wildman–Crippen LogP) is 3.44. The fraction of sp³-hybridized carbons (Fsp3) is 0.368. The normalized spacial score (nSPS) is 15.1. The molecule has 0 amide bonds. The molecule has 0 unspecified atom stereocenters. The number of methoxy groups -OCH3 is 1.